The van der Waals surface area contributed by atoms with Gasteiger partial charge in [-0.3, -0.25) is 9.80 Å². The van der Waals surface area contributed by atoms with Crippen molar-refractivity contribution in [2.75, 3.05) is 39.9 Å². The van der Waals surface area contributed by atoms with Gasteiger partial charge in [0.2, 0.25) is 0 Å². The summed E-state index contributed by atoms with van der Waals surface area (Å²) < 4.78 is 0. The summed E-state index contributed by atoms with van der Waals surface area (Å²) in [6, 6.07) is 0. The van der Waals surface area contributed by atoms with E-state index in [4.69, 9.17) is 0 Å². The van der Waals surface area contributed by atoms with E-state index in [2.05, 4.69) is 54.2 Å². The molecule has 0 aromatic heterocycles. The summed E-state index contributed by atoms with van der Waals surface area (Å²) in [6.45, 7) is 30.9. The number of allylic oxidation sites excluding steroid dienone is 2. The van der Waals surface area contributed by atoms with Crippen molar-refractivity contribution >= 4 is 0 Å². The van der Waals surface area contributed by atoms with Gasteiger partial charge in [-0.2, -0.15) is 0 Å². The van der Waals surface area contributed by atoms with E-state index in [9.17, 15) is 0 Å². The van der Waals surface area contributed by atoms with Crippen LogP contribution in [-0.4, -0.2) is 54.6 Å². The highest BCUT2D eigenvalue weighted by Gasteiger charge is 2.09. The van der Waals surface area contributed by atoms with Crippen LogP contribution < -0.4 is 0 Å². The van der Waals surface area contributed by atoms with Crippen LogP contribution in [0, 0.1) is 0 Å². The molecule has 0 radical (unpaired) electrons. The zero-order valence-corrected chi connectivity index (χ0v) is 15.4. The summed E-state index contributed by atoms with van der Waals surface area (Å²) in [6.07, 6.45) is 7.53. The Morgan fingerprint density at radius 2 is 1.09 bits per heavy atom. The molecule has 0 aliphatic rings. The normalized spacial score (nSPS) is 9.61. The van der Waals surface area contributed by atoms with Crippen molar-refractivity contribution in [1.82, 2.24) is 14.7 Å². The lowest BCUT2D eigenvalue weighted by Gasteiger charge is -2.31. The molecule has 3 heteroatoms. The number of rotatable bonds is 12. The van der Waals surface area contributed by atoms with Gasteiger partial charge in [0.15, 0.2) is 0 Å². The molecule has 3 nitrogen and oxygen atoms in total. The second kappa shape index (κ2) is 15.1. The summed E-state index contributed by atoms with van der Waals surface area (Å²) in [5, 5.41) is 0. The average Bonchev–Trinajstić information content (AvgIpc) is 2.45. The Labute approximate surface area is 144 Å². The fourth-order valence-electron chi connectivity index (χ4n) is 1.84. The molecule has 0 saturated carbocycles. The average molecular weight is 318 g/mol. The molecule has 0 rings (SSSR count). The van der Waals surface area contributed by atoms with Crippen molar-refractivity contribution in [1.29, 1.82) is 0 Å². The summed E-state index contributed by atoms with van der Waals surface area (Å²) >= 11 is 0. The Morgan fingerprint density at radius 3 is 1.35 bits per heavy atom. The Bertz CT molecular complexity index is 362. The van der Waals surface area contributed by atoms with Crippen LogP contribution in [0.3, 0.4) is 0 Å². The maximum absolute atomic E-state index is 3.94. The van der Waals surface area contributed by atoms with E-state index in [0.717, 1.165) is 44.2 Å². The van der Waals surface area contributed by atoms with Gasteiger partial charge in [-0.25, -0.2) is 0 Å². The molecular weight excluding hydrogens is 282 g/mol. The summed E-state index contributed by atoms with van der Waals surface area (Å²) in [5.41, 5.74) is 2.00. The molecule has 0 unspecified atom stereocenters. The van der Waals surface area contributed by atoms with E-state index >= 15 is 0 Å². The standard InChI is InChI=1S/C13H22N2.C7H13N/c1-7-9-14(10-8-2)11-15(12(3)4)13(5)6;1-4-6-8(3)7-5-2/h7-8H,1-3,5,9-11H2,4,6H3;4-5H,1-2,6-7H2,3H3. The van der Waals surface area contributed by atoms with Crippen LogP contribution in [0.25, 0.3) is 0 Å². The Balaban J connectivity index is 0. The number of hydrogen-bond acceptors (Lipinski definition) is 3. The summed E-state index contributed by atoms with van der Waals surface area (Å²) in [4.78, 5) is 6.41. The minimum Gasteiger partial charge on any atom is -0.337 e. The van der Waals surface area contributed by atoms with E-state index in [1.165, 1.54) is 0 Å². The third kappa shape index (κ3) is 13.5. The monoisotopic (exact) mass is 317 g/mol. The third-order valence-corrected chi connectivity index (χ3v) is 2.92. The first kappa shape index (κ1) is 23.4. The fourth-order valence-corrected chi connectivity index (χ4v) is 1.84. The summed E-state index contributed by atoms with van der Waals surface area (Å²) in [7, 11) is 2.03. The minimum atomic E-state index is 0.780. The molecule has 0 atom stereocenters. The molecule has 0 N–H and O–H groups in total. The summed E-state index contributed by atoms with van der Waals surface area (Å²) in [5.74, 6) is 0. The Kier molecular flexibility index (Phi) is 15.4. The highest BCUT2D eigenvalue weighted by atomic mass is 15.3. The first-order chi connectivity index (χ1) is 10.8. The second-order valence-corrected chi connectivity index (χ2v) is 5.45. The molecule has 0 heterocycles. The maximum atomic E-state index is 3.94. The number of nitrogens with zero attached hydrogens (tertiary/aromatic N) is 3. The lowest BCUT2D eigenvalue weighted by atomic mass is 10.4. The molecule has 0 aromatic carbocycles. The highest BCUT2D eigenvalue weighted by Crippen LogP contribution is 2.09. The van der Waals surface area contributed by atoms with E-state index in [0.29, 0.717) is 0 Å². The maximum Gasteiger partial charge on any atom is 0.0754 e. The minimum absolute atomic E-state index is 0.780. The Hall–Kier alpha value is -1.84. The van der Waals surface area contributed by atoms with Gasteiger partial charge >= 0.3 is 0 Å². The molecule has 0 aliphatic heterocycles. The van der Waals surface area contributed by atoms with Gasteiger partial charge in [0.05, 0.1) is 6.67 Å². The van der Waals surface area contributed by atoms with E-state index in [-0.39, 0.29) is 0 Å². The predicted molar refractivity (Wildman–Crippen MR) is 106 cm³/mol. The van der Waals surface area contributed by atoms with E-state index in [1.54, 1.807) is 0 Å². The molecule has 0 amide bonds. The third-order valence-electron chi connectivity index (χ3n) is 2.92. The first-order valence-electron chi connectivity index (χ1n) is 7.76. The SMILES string of the molecule is C=CCN(C)CC=C.C=CCN(CC=C)CN(C(=C)C)C(=C)C. The van der Waals surface area contributed by atoms with Crippen LogP contribution in [0.1, 0.15) is 13.8 Å². The topological polar surface area (TPSA) is 9.72 Å². The zero-order chi connectivity index (χ0) is 18.3. The van der Waals surface area contributed by atoms with Gasteiger partial charge in [-0.1, -0.05) is 37.5 Å². The largest absolute Gasteiger partial charge is 0.337 e. The quantitative estimate of drug-likeness (QED) is 0.393. The van der Waals surface area contributed by atoms with Gasteiger partial charge in [0.25, 0.3) is 0 Å². The molecule has 130 valence electrons. The molecule has 23 heavy (non-hydrogen) atoms. The predicted octanol–water partition coefficient (Wildman–Crippen LogP) is 4.28. The number of likely N-dealkylation sites (N-methyl/N-ethyl adjacent to an activating group) is 1. The smallest absolute Gasteiger partial charge is 0.0754 e. The van der Waals surface area contributed by atoms with Gasteiger partial charge in [-0.05, 0) is 20.9 Å². The van der Waals surface area contributed by atoms with Crippen LogP contribution in [0.4, 0.5) is 0 Å². The van der Waals surface area contributed by atoms with Gasteiger partial charge in [0.1, 0.15) is 0 Å². The lowest BCUT2D eigenvalue weighted by molar-refractivity contribution is 0.221. The second-order valence-electron chi connectivity index (χ2n) is 5.45. The van der Waals surface area contributed by atoms with Crippen LogP contribution in [0.15, 0.2) is 75.2 Å². The van der Waals surface area contributed by atoms with Crippen molar-refractivity contribution in [3.8, 4) is 0 Å². The van der Waals surface area contributed by atoms with Crippen molar-refractivity contribution < 1.29 is 0 Å². The van der Waals surface area contributed by atoms with Crippen LogP contribution in [-0.2, 0) is 0 Å². The Morgan fingerprint density at radius 1 is 0.739 bits per heavy atom. The van der Waals surface area contributed by atoms with Crippen molar-refractivity contribution in [3.05, 3.63) is 75.2 Å². The molecule has 0 fully saturated rings. The van der Waals surface area contributed by atoms with Crippen molar-refractivity contribution in [3.63, 3.8) is 0 Å². The molecule has 0 spiro atoms. The van der Waals surface area contributed by atoms with Gasteiger partial charge < -0.3 is 4.90 Å². The van der Waals surface area contributed by atoms with Crippen molar-refractivity contribution in [2.45, 2.75) is 13.8 Å². The molecular formula is C20H35N3. The zero-order valence-electron chi connectivity index (χ0n) is 15.4. The molecule has 0 aromatic rings. The number of hydrogen-bond donors (Lipinski definition) is 0. The molecule has 0 saturated heterocycles. The lowest BCUT2D eigenvalue weighted by Crippen LogP contribution is -2.35. The van der Waals surface area contributed by atoms with E-state index < -0.39 is 0 Å². The van der Waals surface area contributed by atoms with Crippen molar-refractivity contribution in [2.24, 2.45) is 0 Å². The van der Waals surface area contributed by atoms with Crippen LogP contribution >= 0.6 is 0 Å². The van der Waals surface area contributed by atoms with Gasteiger partial charge in [0, 0.05) is 37.6 Å². The highest BCUT2D eigenvalue weighted by molar-refractivity contribution is 5.02. The first-order valence-corrected chi connectivity index (χ1v) is 7.76. The van der Waals surface area contributed by atoms with E-state index in [1.807, 2.05) is 45.2 Å². The van der Waals surface area contributed by atoms with Gasteiger partial charge in [-0.15, -0.1) is 26.3 Å². The fraction of sp³-hybridized carbons (Fsp3) is 0.400. The molecule has 0 aliphatic carbocycles. The van der Waals surface area contributed by atoms with Crippen LogP contribution in [0.2, 0.25) is 0 Å². The molecule has 0 bridgehead atoms. The van der Waals surface area contributed by atoms with Crippen LogP contribution in [0.5, 0.6) is 0 Å².